The summed E-state index contributed by atoms with van der Waals surface area (Å²) in [5, 5.41) is 3.66. The zero-order valence-electron chi connectivity index (χ0n) is 12.4. The van der Waals surface area contributed by atoms with Gasteiger partial charge >= 0.3 is 0 Å². The molecule has 1 aliphatic rings. The van der Waals surface area contributed by atoms with Gasteiger partial charge in [0.05, 0.1) is 0 Å². The molecule has 4 heteroatoms. The van der Waals surface area contributed by atoms with E-state index in [9.17, 15) is 4.39 Å². The van der Waals surface area contributed by atoms with Crippen LogP contribution < -0.4 is 5.32 Å². The van der Waals surface area contributed by atoms with Crippen molar-refractivity contribution in [2.75, 3.05) is 31.6 Å². The Morgan fingerprint density at radius 3 is 3.05 bits per heavy atom. The lowest BCUT2D eigenvalue weighted by atomic mass is 9.99. The third-order valence-corrected chi connectivity index (χ3v) is 4.96. The first-order chi connectivity index (χ1) is 9.70. The van der Waals surface area contributed by atoms with E-state index < -0.39 is 0 Å². The van der Waals surface area contributed by atoms with Crippen LogP contribution in [0.4, 0.5) is 4.39 Å². The third-order valence-electron chi connectivity index (χ3n) is 3.91. The van der Waals surface area contributed by atoms with E-state index in [0.29, 0.717) is 12.1 Å². The van der Waals surface area contributed by atoms with Crippen LogP contribution in [-0.4, -0.2) is 48.6 Å². The molecule has 1 aromatic rings. The fourth-order valence-electron chi connectivity index (χ4n) is 2.72. The molecule has 1 aromatic carbocycles. The van der Waals surface area contributed by atoms with Gasteiger partial charge in [0.25, 0.3) is 0 Å². The van der Waals surface area contributed by atoms with Crippen molar-refractivity contribution in [3.8, 4) is 0 Å². The Bertz CT molecular complexity index is 413. The number of rotatable bonds is 6. The van der Waals surface area contributed by atoms with Crippen LogP contribution in [-0.2, 0) is 6.42 Å². The number of nitrogens with one attached hydrogen (secondary N) is 1. The Balaban J connectivity index is 2.06. The molecule has 0 radical (unpaired) electrons. The van der Waals surface area contributed by atoms with Gasteiger partial charge in [-0.2, -0.15) is 11.8 Å². The maximum absolute atomic E-state index is 13.4. The van der Waals surface area contributed by atoms with E-state index >= 15 is 0 Å². The van der Waals surface area contributed by atoms with Crippen molar-refractivity contribution in [3.63, 3.8) is 0 Å². The van der Waals surface area contributed by atoms with Crippen LogP contribution in [0.25, 0.3) is 0 Å². The van der Waals surface area contributed by atoms with Crippen molar-refractivity contribution in [2.45, 2.75) is 31.8 Å². The molecule has 1 saturated heterocycles. The Kier molecular flexibility index (Phi) is 6.33. The van der Waals surface area contributed by atoms with E-state index in [2.05, 4.69) is 24.2 Å². The van der Waals surface area contributed by atoms with Crippen molar-refractivity contribution < 1.29 is 4.39 Å². The van der Waals surface area contributed by atoms with E-state index in [1.54, 1.807) is 12.1 Å². The lowest BCUT2D eigenvalue weighted by Gasteiger charge is -2.38. The minimum absolute atomic E-state index is 0.136. The van der Waals surface area contributed by atoms with E-state index in [0.717, 1.165) is 37.2 Å². The summed E-state index contributed by atoms with van der Waals surface area (Å²) in [6, 6.07) is 7.94. The molecule has 1 aliphatic heterocycles. The standard InChI is InChI=1S/C16H25FN2S/c1-3-7-18-15(16-12-20-9-8-19(16)2)11-13-5-4-6-14(17)10-13/h4-6,10,15-16,18H,3,7-9,11-12H2,1-2H3. The molecule has 112 valence electrons. The number of thioether (sulfide) groups is 1. The average molecular weight is 296 g/mol. The Labute approximate surface area is 126 Å². The zero-order valence-corrected chi connectivity index (χ0v) is 13.3. The molecule has 0 spiro atoms. The topological polar surface area (TPSA) is 15.3 Å². The van der Waals surface area contributed by atoms with Gasteiger partial charge in [-0.15, -0.1) is 0 Å². The molecule has 0 amide bonds. The second-order valence-corrected chi connectivity index (χ2v) is 6.67. The molecular formula is C16H25FN2S. The fourth-order valence-corrected chi connectivity index (χ4v) is 4.03. The summed E-state index contributed by atoms with van der Waals surface area (Å²) in [5.74, 6) is 2.24. The van der Waals surface area contributed by atoms with E-state index in [-0.39, 0.29) is 5.82 Å². The van der Waals surface area contributed by atoms with Crippen molar-refractivity contribution in [1.29, 1.82) is 0 Å². The van der Waals surface area contributed by atoms with E-state index in [4.69, 9.17) is 0 Å². The normalized spacial score (nSPS) is 21.9. The highest BCUT2D eigenvalue weighted by molar-refractivity contribution is 7.99. The van der Waals surface area contributed by atoms with Crippen LogP contribution in [0.3, 0.4) is 0 Å². The minimum Gasteiger partial charge on any atom is -0.312 e. The molecule has 1 fully saturated rings. The summed E-state index contributed by atoms with van der Waals surface area (Å²) in [6.45, 7) is 4.35. The first kappa shape index (κ1) is 15.8. The second-order valence-electron chi connectivity index (χ2n) is 5.52. The van der Waals surface area contributed by atoms with Crippen molar-refractivity contribution in [3.05, 3.63) is 35.6 Å². The second kappa shape index (κ2) is 8.01. The SMILES string of the molecule is CCCNC(Cc1cccc(F)c1)C1CSCCN1C. The number of nitrogens with zero attached hydrogens (tertiary/aromatic N) is 1. The summed E-state index contributed by atoms with van der Waals surface area (Å²) in [5.41, 5.74) is 1.09. The molecule has 0 bridgehead atoms. The molecule has 2 atom stereocenters. The summed E-state index contributed by atoms with van der Waals surface area (Å²) in [6.07, 6.45) is 2.02. The van der Waals surface area contributed by atoms with E-state index in [1.807, 2.05) is 17.8 Å². The maximum atomic E-state index is 13.4. The van der Waals surface area contributed by atoms with Gasteiger partial charge in [-0.25, -0.2) is 4.39 Å². The molecule has 0 aromatic heterocycles. The number of hydrogen-bond acceptors (Lipinski definition) is 3. The van der Waals surface area contributed by atoms with Gasteiger partial charge in [-0.1, -0.05) is 19.1 Å². The summed E-state index contributed by atoms with van der Waals surface area (Å²) >= 11 is 2.03. The van der Waals surface area contributed by atoms with Gasteiger partial charge in [-0.3, -0.25) is 0 Å². The highest BCUT2D eigenvalue weighted by Gasteiger charge is 2.27. The Morgan fingerprint density at radius 2 is 2.35 bits per heavy atom. The first-order valence-electron chi connectivity index (χ1n) is 7.46. The molecule has 20 heavy (non-hydrogen) atoms. The molecule has 0 aliphatic carbocycles. The van der Waals surface area contributed by atoms with Gasteiger partial charge in [-0.05, 0) is 44.1 Å². The van der Waals surface area contributed by atoms with E-state index in [1.165, 1.54) is 11.8 Å². The van der Waals surface area contributed by atoms with Gasteiger partial charge in [0.15, 0.2) is 0 Å². The minimum atomic E-state index is -0.136. The zero-order chi connectivity index (χ0) is 14.4. The van der Waals surface area contributed by atoms with Crippen LogP contribution in [0.1, 0.15) is 18.9 Å². The molecule has 1 heterocycles. The van der Waals surface area contributed by atoms with Crippen LogP contribution in [0.2, 0.25) is 0 Å². The Morgan fingerprint density at radius 1 is 1.50 bits per heavy atom. The largest absolute Gasteiger partial charge is 0.312 e. The smallest absolute Gasteiger partial charge is 0.123 e. The molecule has 2 rings (SSSR count). The maximum Gasteiger partial charge on any atom is 0.123 e. The molecular weight excluding hydrogens is 271 g/mol. The van der Waals surface area contributed by atoms with Crippen molar-refractivity contribution >= 4 is 11.8 Å². The predicted octanol–water partition coefficient (Wildman–Crippen LogP) is 2.78. The third kappa shape index (κ3) is 4.47. The number of hydrogen-bond donors (Lipinski definition) is 1. The van der Waals surface area contributed by atoms with Crippen LogP contribution in [0.15, 0.2) is 24.3 Å². The summed E-state index contributed by atoms with van der Waals surface area (Å²) in [4.78, 5) is 2.45. The number of likely N-dealkylation sites (N-methyl/N-ethyl adjacent to an activating group) is 1. The monoisotopic (exact) mass is 296 g/mol. The first-order valence-corrected chi connectivity index (χ1v) is 8.62. The lowest BCUT2D eigenvalue weighted by Crippen LogP contribution is -2.53. The van der Waals surface area contributed by atoms with Gasteiger partial charge < -0.3 is 10.2 Å². The van der Waals surface area contributed by atoms with Gasteiger partial charge in [0, 0.05) is 30.1 Å². The lowest BCUT2D eigenvalue weighted by molar-refractivity contribution is 0.213. The van der Waals surface area contributed by atoms with Crippen molar-refractivity contribution in [1.82, 2.24) is 10.2 Å². The predicted molar refractivity (Wildman–Crippen MR) is 85.9 cm³/mol. The van der Waals surface area contributed by atoms with Crippen LogP contribution in [0.5, 0.6) is 0 Å². The highest BCUT2D eigenvalue weighted by Crippen LogP contribution is 2.20. The van der Waals surface area contributed by atoms with Crippen LogP contribution in [0, 0.1) is 5.82 Å². The fraction of sp³-hybridized carbons (Fsp3) is 0.625. The number of halogens is 1. The summed E-state index contributed by atoms with van der Waals surface area (Å²) in [7, 11) is 2.20. The van der Waals surface area contributed by atoms with Crippen molar-refractivity contribution in [2.24, 2.45) is 0 Å². The molecule has 1 N–H and O–H groups in total. The summed E-state index contributed by atoms with van der Waals surface area (Å²) < 4.78 is 13.4. The average Bonchev–Trinajstić information content (AvgIpc) is 2.44. The molecule has 2 unspecified atom stereocenters. The quantitative estimate of drug-likeness (QED) is 0.869. The van der Waals surface area contributed by atoms with Crippen LogP contribution >= 0.6 is 11.8 Å². The highest BCUT2D eigenvalue weighted by atomic mass is 32.2. The molecule has 2 nitrogen and oxygen atoms in total. The Hall–Kier alpha value is -0.580. The number of benzene rings is 1. The van der Waals surface area contributed by atoms with Gasteiger partial charge in [0.1, 0.15) is 5.82 Å². The van der Waals surface area contributed by atoms with Gasteiger partial charge in [0.2, 0.25) is 0 Å². The molecule has 0 saturated carbocycles.